The number of nitrogens with zero attached hydrogens (tertiary/aromatic N) is 3. The summed E-state index contributed by atoms with van der Waals surface area (Å²) in [4.78, 5) is 25.4. The Hall–Kier alpha value is -3.52. The van der Waals surface area contributed by atoms with Crippen LogP contribution in [0, 0.1) is 11.8 Å². The van der Waals surface area contributed by atoms with Crippen LogP contribution in [-0.2, 0) is 16.1 Å². The van der Waals surface area contributed by atoms with E-state index >= 15 is 0 Å². The molecule has 7 heteroatoms. The van der Waals surface area contributed by atoms with Crippen molar-refractivity contribution in [3.8, 4) is 16.3 Å². The number of methoxy groups -OCH3 is 1. The highest BCUT2D eigenvalue weighted by Crippen LogP contribution is 2.40. The van der Waals surface area contributed by atoms with Gasteiger partial charge in [-0.3, -0.25) is 9.69 Å². The fourth-order valence-corrected chi connectivity index (χ4v) is 9.46. The van der Waals surface area contributed by atoms with Crippen LogP contribution in [0.3, 0.4) is 0 Å². The van der Waals surface area contributed by atoms with E-state index in [1.165, 1.54) is 48.1 Å². The standard InChI is InChI=1S/C41H49N3O3S/c1-46-36-19-17-30(18-20-36)29-47-41(45)39(33-13-7-3-8-14-33)44-27-35(37(28-44)31-11-5-2-6-12-31)26-43-23-21-32(22-24-43)38-25-42-40(48-38)34-15-9-4-10-16-34/h2,4-6,9-12,15-20,25,32-33,35,37,39H,3,7-8,13-14,21-24,26-29H2,1H3/t35-,37+,39+/m0/s1. The third kappa shape index (κ3) is 7.85. The molecule has 3 aromatic carbocycles. The van der Waals surface area contributed by atoms with Crippen LogP contribution >= 0.6 is 11.3 Å². The van der Waals surface area contributed by atoms with Crippen molar-refractivity contribution in [2.75, 3.05) is 39.8 Å². The average molecular weight is 664 g/mol. The molecule has 3 aliphatic rings. The predicted octanol–water partition coefficient (Wildman–Crippen LogP) is 8.41. The van der Waals surface area contributed by atoms with Crippen LogP contribution in [0.4, 0.5) is 0 Å². The lowest BCUT2D eigenvalue weighted by Crippen LogP contribution is -2.47. The van der Waals surface area contributed by atoms with E-state index < -0.39 is 0 Å². The number of carbonyl (C=O) groups is 1. The van der Waals surface area contributed by atoms with Crippen molar-refractivity contribution in [3.05, 3.63) is 107 Å². The van der Waals surface area contributed by atoms with Gasteiger partial charge in [-0.05, 0) is 79.8 Å². The average Bonchev–Trinajstić information content (AvgIpc) is 3.81. The Morgan fingerprint density at radius 3 is 2.29 bits per heavy atom. The maximum Gasteiger partial charge on any atom is 0.323 e. The van der Waals surface area contributed by atoms with Gasteiger partial charge in [0, 0.05) is 42.2 Å². The zero-order valence-electron chi connectivity index (χ0n) is 28.2. The number of thiazole rings is 1. The Kier molecular flexibility index (Phi) is 10.9. The minimum absolute atomic E-state index is 0.0505. The third-order valence-corrected chi connectivity index (χ3v) is 12.2. The van der Waals surface area contributed by atoms with E-state index in [1.54, 1.807) is 7.11 Å². The van der Waals surface area contributed by atoms with Crippen LogP contribution in [0.25, 0.3) is 10.6 Å². The molecule has 1 saturated carbocycles. The molecule has 0 N–H and O–H groups in total. The predicted molar refractivity (Wildman–Crippen MR) is 193 cm³/mol. The Labute approximate surface area is 290 Å². The molecular weight excluding hydrogens is 615 g/mol. The highest BCUT2D eigenvalue weighted by atomic mass is 32.1. The van der Waals surface area contributed by atoms with E-state index in [2.05, 4.69) is 76.7 Å². The largest absolute Gasteiger partial charge is 0.497 e. The lowest BCUT2D eigenvalue weighted by Gasteiger charge is -2.36. The van der Waals surface area contributed by atoms with Gasteiger partial charge < -0.3 is 14.4 Å². The van der Waals surface area contributed by atoms with Crippen molar-refractivity contribution in [3.63, 3.8) is 0 Å². The van der Waals surface area contributed by atoms with E-state index in [4.69, 9.17) is 14.5 Å². The van der Waals surface area contributed by atoms with Crippen LogP contribution in [0.5, 0.6) is 5.75 Å². The molecule has 0 amide bonds. The summed E-state index contributed by atoms with van der Waals surface area (Å²) in [6.45, 7) is 5.43. The number of esters is 1. The number of piperidine rings is 1. The van der Waals surface area contributed by atoms with E-state index in [0.717, 1.165) is 61.9 Å². The van der Waals surface area contributed by atoms with Gasteiger partial charge in [-0.15, -0.1) is 11.3 Å². The normalized spacial score (nSPS) is 22.0. The Morgan fingerprint density at radius 1 is 0.875 bits per heavy atom. The maximum atomic E-state index is 14.0. The van der Waals surface area contributed by atoms with Gasteiger partial charge in [0.25, 0.3) is 0 Å². The summed E-state index contributed by atoms with van der Waals surface area (Å²) in [6.07, 6.45) is 10.3. The first kappa shape index (κ1) is 33.0. The highest BCUT2D eigenvalue weighted by Gasteiger charge is 2.44. The van der Waals surface area contributed by atoms with Gasteiger partial charge in [0.1, 0.15) is 23.4 Å². The molecule has 2 saturated heterocycles. The van der Waals surface area contributed by atoms with Crippen LogP contribution in [0.15, 0.2) is 91.1 Å². The summed E-state index contributed by atoms with van der Waals surface area (Å²) in [5.41, 5.74) is 3.60. The van der Waals surface area contributed by atoms with Crippen molar-refractivity contribution < 1.29 is 14.3 Å². The van der Waals surface area contributed by atoms with Crippen molar-refractivity contribution >= 4 is 17.3 Å². The molecule has 0 bridgehead atoms. The summed E-state index contributed by atoms with van der Waals surface area (Å²) in [5.74, 6) is 2.57. The molecule has 7 rings (SSSR count). The van der Waals surface area contributed by atoms with E-state index in [9.17, 15) is 4.79 Å². The van der Waals surface area contributed by atoms with Gasteiger partial charge in [-0.2, -0.15) is 0 Å². The van der Waals surface area contributed by atoms with Crippen molar-refractivity contribution in [2.24, 2.45) is 11.8 Å². The van der Waals surface area contributed by atoms with Crippen molar-refractivity contribution in [2.45, 2.75) is 69.4 Å². The van der Waals surface area contributed by atoms with Gasteiger partial charge >= 0.3 is 5.97 Å². The minimum Gasteiger partial charge on any atom is -0.497 e. The van der Waals surface area contributed by atoms with Crippen molar-refractivity contribution in [1.82, 2.24) is 14.8 Å². The van der Waals surface area contributed by atoms with E-state index in [0.29, 0.717) is 30.3 Å². The summed E-state index contributed by atoms with van der Waals surface area (Å²) < 4.78 is 11.4. The first-order valence-corrected chi connectivity index (χ1v) is 18.8. The molecular formula is C41H49N3O3S. The van der Waals surface area contributed by atoms with Gasteiger partial charge in [0.2, 0.25) is 0 Å². The number of rotatable bonds is 11. The molecule has 0 unspecified atom stereocenters. The highest BCUT2D eigenvalue weighted by molar-refractivity contribution is 7.15. The van der Waals surface area contributed by atoms with Gasteiger partial charge in [-0.25, -0.2) is 4.98 Å². The number of hydrogen-bond acceptors (Lipinski definition) is 7. The summed E-state index contributed by atoms with van der Waals surface area (Å²) in [5, 5.41) is 1.12. The number of benzene rings is 3. The molecule has 4 aromatic rings. The molecule has 48 heavy (non-hydrogen) atoms. The number of ether oxygens (including phenoxy) is 2. The molecule has 3 fully saturated rings. The second kappa shape index (κ2) is 15.8. The minimum atomic E-state index is -0.185. The molecule has 3 heterocycles. The third-order valence-electron chi connectivity index (χ3n) is 11.0. The second-order valence-corrected chi connectivity index (χ2v) is 15.1. The van der Waals surface area contributed by atoms with Crippen LogP contribution < -0.4 is 4.74 Å². The fraction of sp³-hybridized carbons (Fsp3) is 0.463. The summed E-state index contributed by atoms with van der Waals surface area (Å²) in [6, 6.07) is 29.2. The number of aromatic nitrogens is 1. The lowest BCUT2D eigenvalue weighted by atomic mass is 9.83. The fourth-order valence-electron chi connectivity index (χ4n) is 8.37. The molecule has 0 spiro atoms. The summed E-state index contributed by atoms with van der Waals surface area (Å²) >= 11 is 1.86. The topological polar surface area (TPSA) is 54.9 Å². The molecule has 252 valence electrons. The molecule has 1 aliphatic carbocycles. The zero-order chi connectivity index (χ0) is 32.7. The van der Waals surface area contributed by atoms with E-state index in [1.807, 2.05) is 35.6 Å². The van der Waals surface area contributed by atoms with Crippen LogP contribution in [0.2, 0.25) is 0 Å². The van der Waals surface area contributed by atoms with Gasteiger partial charge in [0.05, 0.1) is 7.11 Å². The quantitative estimate of drug-likeness (QED) is 0.150. The SMILES string of the molecule is COc1ccc(COC(=O)[C@@H](C2CCCCC2)N2C[C@H](CN3CCC(c4cnc(-c5ccccc5)s4)CC3)[C@@H](c3ccccc3)C2)cc1. The zero-order valence-corrected chi connectivity index (χ0v) is 29.0. The second-order valence-electron chi connectivity index (χ2n) is 14.0. The van der Waals surface area contributed by atoms with Crippen molar-refractivity contribution in [1.29, 1.82) is 0 Å². The summed E-state index contributed by atoms with van der Waals surface area (Å²) in [7, 11) is 1.67. The molecule has 3 atom stereocenters. The van der Waals surface area contributed by atoms with Crippen LogP contribution in [-0.4, -0.2) is 66.6 Å². The number of carbonyl (C=O) groups excluding carboxylic acids is 1. The molecule has 0 radical (unpaired) electrons. The van der Waals surface area contributed by atoms with Gasteiger partial charge in [-0.1, -0.05) is 92.1 Å². The first-order chi connectivity index (χ1) is 23.6. The Morgan fingerprint density at radius 2 is 1.58 bits per heavy atom. The smallest absolute Gasteiger partial charge is 0.323 e. The lowest BCUT2D eigenvalue weighted by molar-refractivity contribution is -0.154. The molecule has 6 nitrogen and oxygen atoms in total. The molecule has 1 aromatic heterocycles. The Balaban J connectivity index is 1.03. The maximum absolute atomic E-state index is 14.0. The van der Waals surface area contributed by atoms with E-state index in [-0.39, 0.29) is 12.0 Å². The Bertz CT molecular complexity index is 1580. The molecule has 2 aliphatic heterocycles. The van der Waals surface area contributed by atoms with Gasteiger partial charge in [0.15, 0.2) is 0 Å². The monoisotopic (exact) mass is 663 g/mol. The number of hydrogen-bond donors (Lipinski definition) is 0. The first-order valence-electron chi connectivity index (χ1n) is 18.0. The number of likely N-dealkylation sites (tertiary alicyclic amines) is 2. The van der Waals surface area contributed by atoms with Crippen LogP contribution in [0.1, 0.15) is 72.8 Å².